The minimum atomic E-state index is 0.234. The van der Waals surface area contributed by atoms with Crippen LogP contribution in [0.3, 0.4) is 0 Å². The quantitative estimate of drug-likeness (QED) is 0.531. The van der Waals surface area contributed by atoms with Gasteiger partial charge in [-0.25, -0.2) is 0 Å². The van der Waals surface area contributed by atoms with Gasteiger partial charge in [0.2, 0.25) is 0 Å². The molecule has 6 heteroatoms. The highest BCUT2D eigenvalue weighted by Gasteiger charge is 2.19. The molecule has 1 unspecified atom stereocenters. The minimum absolute atomic E-state index is 0.234. The van der Waals surface area contributed by atoms with Crippen LogP contribution in [0.2, 0.25) is 0 Å². The van der Waals surface area contributed by atoms with E-state index >= 15 is 0 Å². The molecule has 2 aromatic carbocycles. The Hall–Kier alpha value is -2.04. The monoisotopic (exact) mass is 452 g/mol. The number of nitrogens with one attached hydrogen (secondary N) is 1. The van der Waals surface area contributed by atoms with Gasteiger partial charge in [0.1, 0.15) is 11.9 Å². The van der Waals surface area contributed by atoms with Crippen molar-refractivity contribution in [3.63, 3.8) is 0 Å². The number of nitriles is 1. The lowest BCUT2D eigenvalue weighted by Crippen LogP contribution is -2.46. The number of piperazine rings is 1. The Morgan fingerprint density at radius 1 is 1.06 bits per heavy atom. The number of thioether (sulfide) groups is 1. The Morgan fingerprint density at radius 2 is 1.78 bits per heavy atom. The molecule has 0 spiro atoms. The van der Waals surface area contributed by atoms with Gasteiger partial charge in [-0.05, 0) is 56.5 Å². The number of hydrogen-bond acceptors (Lipinski definition) is 6. The van der Waals surface area contributed by atoms with Crippen LogP contribution in [0.1, 0.15) is 23.1 Å². The summed E-state index contributed by atoms with van der Waals surface area (Å²) in [6, 6.07) is 18.7. The second-order valence-electron chi connectivity index (χ2n) is 8.37. The van der Waals surface area contributed by atoms with Gasteiger partial charge in [-0.1, -0.05) is 30.3 Å². The number of rotatable bonds is 12. The molecule has 1 aliphatic heterocycles. The first kappa shape index (κ1) is 24.6. The Balaban J connectivity index is 1.47. The van der Waals surface area contributed by atoms with Crippen molar-refractivity contribution in [2.45, 2.75) is 25.5 Å². The minimum Gasteiger partial charge on any atom is -0.489 e. The van der Waals surface area contributed by atoms with Crippen molar-refractivity contribution in [3.05, 3.63) is 65.2 Å². The van der Waals surface area contributed by atoms with Gasteiger partial charge in [-0.2, -0.15) is 17.0 Å². The fourth-order valence-corrected chi connectivity index (χ4v) is 4.65. The molecule has 0 aromatic heterocycles. The fourth-order valence-electron chi connectivity index (χ4n) is 4.04. The fraction of sp³-hybridized carbons (Fsp3) is 0.500. The van der Waals surface area contributed by atoms with Crippen molar-refractivity contribution >= 4 is 11.8 Å². The van der Waals surface area contributed by atoms with Crippen LogP contribution < -0.4 is 10.1 Å². The number of ether oxygens (including phenoxy) is 1. The van der Waals surface area contributed by atoms with E-state index in [0.29, 0.717) is 0 Å². The van der Waals surface area contributed by atoms with E-state index in [9.17, 15) is 0 Å². The standard InChI is InChI=1S/C26H36N4OS/c1-28-13-11-25(21-32-2)31-26-6-4-3-5-24(26)20-30-17-15-29(16-18-30)14-12-22-7-9-23(19-27)10-8-22/h3-10,25,28H,11-18,20-21H2,1-2H3. The third-order valence-corrected chi connectivity index (χ3v) is 6.70. The molecule has 1 atom stereocenters. The summed E-state index contributed by atoms with van der Waals surface area (Å²) in [6.45, 7) is 7.33. The Kier molecular flexibility index (Phi) is 10.4. The molecule has 5 nitrogen and oxygen atoms in total. The molecule has 1 heterocycles. The van der Waals surface area contributed by atoms with E-state index in [1.54, 1.807) is 0 Å². The van der Waals surface area contributed by atoms with Crippen molar-refractivity contribution in [2.24, 2.45) is 0 Å². The molecule has 1 aliphatic rings. The average Bonchev–Trinajstić information content (AvgIpc) is 2.83. The van der Waals surface area contributed by atoms with E-state index in [0.717, 1.165) is 75.7 Å². The molecule has 0 saturated carbocycles. The molecular formula is C26H36N4OS. The van der Waals surface area contributed by atoms with Crippen LogP contribution in [0.5, 0.6) is 5.75 Å². The third-order valence-electron chi connectivity index (χ3n) is 5.99. The first-order valence-electron chi connectivity index (χ1n) is 11.5. The van der Waals surface area contributed by atoms with Crippen molar-refractivity contribution in [1.82, 2.24) is 15.1 Å². The highest BCUT2D eigenvalue weighted by atomic mass is 32.2. The van der Waals surface area contributed by atoms with Crippen molar-refractivity contribution in [1.29, 1.82) is 5.26 Å². The Labute approximate surface area is 197 Å². The molecule has 0 radical (unpaired) electrons. The SMILES string of the molecule is CNCCC(CSC)Oc1ccccc1CN1CCN(CCc2ccc(C#N)cc2)CC1. The van der Waals surface area contributed by atoms with Crippen LogP contribution in [0.4, 0.5) is 0 Å². The first-order valence-corrected chi connectivity index (χ1v) is 12.9. The van der Waals surface area contributed by atoms with Gasteiger partial charge in [0.05, 0.1) is 11.6 Å². The molecule has 0 aliphatic carbocycles. The molecule has 2 aromatic rings. The molecule has 172 valence electrons. The van der Waals surface area contributed by atoms with Gasteiger partial charge < -0.3 is 15.0 Å². The topological polar surface area (TPSA) is 51.5 Å². The van der Waals surface area contributed by atoms with Crippen LogP contribution in [0.15, 0.2) is 48.5 Å². The summed E-state index contributed by atoms with van der Waals surface area (Å²) in [5.41, 5.74) is 3.32. The summed E-state index contributed by atoms with van der Waals surface area (Å²) in [5, 5.41) is 12.2. The maximum Gasteiger partial charge on any atom is 0.124 e. The summed E-state index contributed by atoms with van der Waals surface area (Å²) >= 11 is 1.84. The second-order valence-corrected chi connectivity index (χ2v) is 9.28. The summed E-state index contributed by atoms with van der Waals surface area (Å²) in [5.74, 6) is 2.04. The lowest BCUT2D eigenvalue weighted by Gasteiger charge is -2.35. The van der Waals surface area contributed by atoms with Crippen LogP contribution >= 0.6 is 11.8 Å². The highest BCUT2D eigenvalue weighted by Crippen LogP contribution is 2.23. The Morgan fingerprint density at radius 3 is 2.47 bits per heavy atom. The molecule has 1 N–H and O–H groups in total. The smallest absolute Gasteiger partial charge is 0.124 e. The van der Waals surface area contributed by atoms with Crippen LogP contribution in [-0.2, 0) is 13.0 Å². The van der Waals surface area contributed by atoms with E-state index in [1.165, 1.54) is 11.1 Å². The molecule has 3 rings (SSSR count). The average molecular weight is 453 g/mol. The summed E-state index contributed by atoms with van der Waals surface area (Å²) in [7, 11) is 1.99. The van der Waals surface area contributed by atoms with Crippen molar-refractivity contribution < 1.29 is 4.74 Å². The molecule has 1 saturated heterocycles. The predicted molar refractivity (Wildman–Crippen MR) is 134 cm³/mol. The number of nitrogens with zero attached hydrogens (tertiary/aromatic N) is 3. The maximum absolute atomic E-state index is 8.94. The maximum atomic E-state index is 8.94. The molecule has 0 amide bonds. The predicted octanol–water partition coefficient (Wildman–Crippen LogP) is 3.64. The van der Waals surface area contributed by atoms with Crippen molar-refractivity contribution in [2.75, 3.05) is 58.3 Å². The highest BCUT2D eigenvalue weighted by molar-refractivity contribution is 7.98. The van der Waals surface area contributed by atoms with E-state index in [1.807, 2.05) is 30.9 Å². The normalized spacial score (nSPS) is 15.9. The zero-order valence-corrected chi connectivity index (χ0v) is 20.2. The lowest BCUT2D eigenvalue weighted by atomic mass is 10.1. The van der Waals surface area contributed by atoms with Crippen molar-refractivity contribution in [3.8, 4) is 11.8 Å². The van der Waals surface area contributed by atoms with Gasteiger partial charge in [-0.3, -0.25) is 4.90 Å². The largest absolute Gasteiger partial charge is 0.489 e. The molecule has 0 bridgehead atoms. The summed E-state index contributed by atoms with van der Waals surface area (Å²) in [4.78, 5) is 5.08. The first-order chi connectivity index (χ1) is 15.7. The van der Waals surface area contributed by atoms with Gasteiger partial charge >= 0.3 is 0 Å². The number of hydrogen-bond donors (Lipinski definition) is 1. The Bertz CT molecular complexity index is 844. The van der Waals surface area contributed by atoms with Crippen LogP contribution in [-0.4, -0.2) is 74.2 Å². The number of para-hydroxylation sites is 1. The van der Waals surface area contributed by atoms with E-state index in [4.69, 9.17) is 10.00 Å². The van der Waals surface area contributed by atoms with E-state index in [2.05, 4.69) is 63.8 Å². The van der Waals surface area contributed by atoms with E-state index < -0.39 is 0 Å². The van der Waals surface area contributed by atoms with Gasteiger partial charge in [0.25, 0.3) is 0 Å². The number of benzene rings is 2. The summed E-state index contributed by atoms with van der Waals surface area (Å²) in [6.07, 6.45) is 4.43. The second kappa shape index (κ2) is 13.5. The van der Waals surface area contributed by atoms with Gasteiger partial charge in [-0.15, -0.1) is 0 Å². The molecule has 32 heavy (non-hydrogen) atoms. The van der Waals surface area contributed by atoms with Gasteiger partial charge in [0, 0.05) is 50.6 Å². The molecular weight excluding hydrogens is 416 g/mol. The van der Waals surface area contributed by atoms with Crippen LogP contribution in [0, 0.1) is 11.3 Å². The van der Waals surface area contributed by atoms with E-state index in [-0.39, 0.29) is 6.10 Å². The zero-order valence-electron chi connectivity index (χ0n) is 19.4. The van der Waals surface area contributed by atoms with Crippen LogP contribution in [0.25, 0.3) is 0 Å². The summed E-state index contributed by atoms with van der Waals surface area (Å²) < 4.78 is 6.44. The third kappa shape index (κ3) is 7.83. The zero-order chi connectivity index (χ0) is 22.6. The molecule has 1 fully saturated rings. The van der Waals surface area contributed by atoms with Gasteiger partial charge in [0.15, 0.2) is 0 Å². The lowest BCUT2D eigenvalue weighted by molar-refractivity contribution is 0.126.